The first-order chi connectivity index (χ1) is 9.79. The largest absolute Gasteiger partial charge is 0.494 e. The number of rotatable bonds is 7. The van der Waals surface area contributed by atoms with Gasteiger partial charge in [0.05, 0.1) is 6.61 Å². The summed E-state index contributed by atoms with van der Waals surface area (Å²) in [7, 11) is 0. The Morgan fingerprint density at radius 1 is 1.00 bits per heavy atom. The van der Waals surface area contributed by atoms with Gasteiger partial charge in [-0.2, -0.15) is 0 Å². The van der Waals surface area contributed by atoms with Crippen molar-refractivity contribution in [2.75, 3.05) is 6.61 Å². The maximum Gasteiger partial charge on any atom is 0.336 e. The van der Waals surface area contributed by atoms with Crippen LogP contribution in [-0.4, -0.2) is 6.61 Å². The predicted octanol–water partition coefficient (Wildman–Crippen LogP) is 4.27. The van der Waals surface area contributed by atoms with Crippen molar-refractivity contribution >= 4 is 0 Å². The van der Waals surface area contributed by atoms with Gasteiger partial charge in [0, 0.05) is 11.6 Å². The monoisotopic (exact) mass is 272 g/mol. The normalized spacial score (nSPS) is 10.4. The van der Waals surface area contributed by atoms with Gasteiger partial charge in [0.25, 0.3) is 0 Å². The molecule has 3 nitrogen and oxygen atoms in total. The Morgan fingerprint density at radius 3 is 2.50 bits per heavy atom. The summed E-state index contributed by atoms with van der Waals surface area (Å²) in [5.74, 6) is 1.43. The van der Waals surface area contributed by atoms with Crippen LogP contribution in [0.5, 0.6) is 5.75 Å². The second kappa shape index (κ2) is 7.53. The van der Waals surface area contributed by atoms with Gasteiger partial charge in [-0.15, -0.1) is 0 Å². The fourth-order valence-electron chi connectivity index (χ4n) is 1.98. The lowest BCUT2D eigenvalue weighted by molar-refractivity contribution is 0.305. The van der Waals surface area contributed by atoms with Gasteiger partial charge in [-0.1, -0.05) is 32.3 Å². The number of unbranched alkanes of at least 4 members (excludes halogenated alkanes) is 3. The second-order valence-electron chi connectivity index (χ2n) is 4.74. The average Bonchev–Trinajstić information content (AvgIpc) is 2.48. The molecular weight excluding hydrogens is 252 g/mol. The highest BCUT2D eigenvalue weighted by Gasteiger charge is 2.01. The molecule has 0 radical (unpaired) electrons. The van der Waals surface area contributed by atoms with E-state index in [9.17, 15) is 4.79 Å². The zero-order valence-electron chi connectivity index (χ0n) is 11.8. The number of hydrogen-bond acceptors (Lipinski definition) is 3. The highest BCUT2D eigenvalue weighted by atomic mass is 16.5. The van der Waals surface area contributed by atoms with Gasteiger partial charge in [-0.25, -0.2) is 4.79 Å². The van der Waals surface area contributed by atoms with Crippen molar-refractivity contribution in [1.82, 2.24) is 0 Å². The maximum absolute atomic E-state index is 11.2. The van der Waals surface area contributed by atoms with E-state index < -0.39 is 0 Å². The molecule has 0 bridgehead atoms. The summed E-state index contributed by atoms with van der Waals surface area (Å²) in [6.07, 6.45) is 4.79. The number of ether oxygens (including phenoxy) is 1. The molecule has 2 aromatic rings. The molecule has 0 N–H and O–H groups in total. The molecule has 0 fully saturated rings. The van der Waals surface area contributed by atoms with Crippen LogP contribution >= 0.6 is 0 Å². The van der Waals surface area contributed by atoms with Crippen molar-refractivity contribution in [1.29, 1.82) is 0 Å². The Labute approximate surface area is 119 Å². The van der Waals surface area contributed by atoms with Gasteiger partial charge in [-0.05, 0) is 36.8 Å². The minimum Gasteiger partial charge on any atom is -0.494 e. The SMILES string of the molecule is CCCCCCOc1ccc(-c2cccc(=O)o2)cc1. The summed E-state index contributed by atoms with van der Waals surface area (Å²) >= 11 is 0. The van der Waals surface area contributed by atoms with Gasteiger partial charge >= 0.3 is 5.63 Å². The summed E-state index contributed by atoms with van der Waals surface area (Å²) < 4.78 is 10.8. The highest BCUT2D eigenvalue weighted by Crippen LogP contribution is 2.21. The van der Waals surface area contributed by atoms with E-state index >= 15 is 0 Å². The Balaban J connectivity index is 1.91. The molecule has 106 valence electrons. The molecule has 0 saturated carbocycles. The highest BCUT2D eigenvalue weighted by molar-refractivity contribution is 5.57. The lowest BCUT2D eigenvalue weighted by atomic mass is 10.1. The quantitative estimate of drug-likeness (QED) is 0.707. The van der Waals surface area contributed by atoms with Crippen LogP contribution < -0.4 is 10.4 Å². The number of benzene rings is 1. The smallest absolute Gasteiger partial charge is 0.336 e. The summed E-state index contributed by atoms with van der Waals surface area (Å²) in [5.41, 5.74) is 0.541. The molecule has 1 aromatic carbocycles. The topological polar surface area (TPSA) is 39.4 Å². The summed E-state index contributed by atoms with van der Waals surface area (Å²) in [6, 6.07) is 12.5. The van der Waals surface area contributed by atoms with Crippen molar-refractivity contribution in [2.24, 2.45) is 0 Å². The minimum atomic E-state index is -0.334. The molecule has 2 rings (SSSR count). The first-order valence-corrected chi connectivity index (χ1v) is 7.13. The van der Waals surface area contributed by atoms with Crippen molar-refractivity contribution in [3.63, 3.8) is 0 Å². The van der Waals surface area contributed by atoms with Crippen molar-refractivity contribution in [2.45, 2.75) is 32.6 Å². The molecule has 0 amide bonds. The molecule has 3 heteroatoms. The Bertz CT molecular complexity index is 569. The van der Waals surface area contributed by atoms with Crippen LogP contribution in [0.15, 0.2) is 51.7 Å². The molecule has 0 aliphatic rings. The molecule has 0 saturated heterocycles. The number of hydrogen-bond donors (Lipinski definition) is 0. The molecular formula is C17H20O3. The van der Waals surface area contributed by atoms with E-state index in [1.165, 1.54) is 25.3 Å². The zero-order chi connectivity index (χ0) is 14.2. The average molecular weight is 272 g/mol. The van der Waals surface area contributed by atoms with Crippen LogP contribution in [0.1, 0.15) is 32.6 Å². The van der Waals surface area contributed by atoms with Crippen LogP contribution in [0.4, 0.5) is 0 Å². The molecule has 0 unspecified atom stereocenters. The second-order valence-corrected chi connectivity index (χ2v) is 4.74. The molecule has 0 aliphatic carbocycles. The molecule has 1 heterocycles. The maximum atomic E-state index is 11.2. The van der Waals surface area contributed by atoms with Crippen LogP contribution in [0, 0.1) is 0 Å². The van der Waals surface area contributed by atoms with E-state index in [-0.39, 0.29) is 5.63 Å². The van der Waals surface area contributed by atoms with Crippen LogP contribution in [-0.2, 0) is 0 Å². The standard InChI is InChI=1S/C17H20O3/c1-2-3-4-5-13-19-15-11-9-14(10-12-15)16-7-6-8-17(18)20-16/h6-12H,2-5,13H2,1H3. The summed E-state index contributed by atoms with van der Waals surface area (Å²) in [6.45, 7) is 2.95. The fourth-order valence-corrected chi connectivity index (χ4v) is 1.98. The van der Waals surface area contributed by atoms with E-state index in [2.05, 4.69) is 6.92 Å². The third-order valence-electron chi connectivity index (χ3n) is 3.10. The lowest BCUT2D eigenvalue weighted by Gasteiger charge is -2.06. The Morgan fingerprint density at radius 2 is 1.80 bits per heavy atom. The van der Waals surface area contributed by atoms with E-state index in [1.807, 2.05) is 24.3 Å². The van der Waals surface area contributed by atoms with Crippen LogP contribution in [0.3, 0.4) is 0 Å². The van der Waals surface area contributed by atoms with Gasteiger partial charge in [0.1, 0.15) is 11.5 Å². The van der Waals surface area contributed by atoms with Crippen LogP contribution in [0.25, 0.3) is 11.3 Å². The van der Waals surface area contributed by atoms with Crippen molar-refractivity contribution in [3.05, 3.63) is 52.9 Å². The first kappa shape index (κ1) is 14.4. The molecule has 0 spiro atoms. The van der Waals surface area contributed by atoms with Gasteiger partial charge in [0.15, 0.2) is 0 Å². The summed E-state index contributed by atoms with van der Waals surface area (Å²) in [5, 5.41) is 0. The van der Waals surface area contributed by atoms with E-state index in [0.717, 1.165) is 24.3 Å². The van der Waals surface area contributed by atoms with Gasteiger partial charge in [-0.3, -0.25) is 0 Å². The van der Waals surface area contributed by atoms with E-state index in [1.54, 1.807) is 12.1 Å². The third kappa shape index (κ3) is 4.26. The lowest BCUT2D eigenvalue weighted by Crippen LogP contribution is -1.97. The molecule has 0 atom stereocenters. The third-order valence-corrected chi connectivity index (χ3v) is 3.10. The minimum absolute atomic E-state index is 0.334. The van der Waals surface area contributed by atoms with Crippen LogP contribution in [0.2, 0.25) is 0 Å². The van der Waals surface area contributed by atoms with E-state index in [4.69, 9.17) is 9.15 Å². The van der Waals surface area contributed by atoms with E-state index in [0.29, 0.717) is 5.76 Å². The van der Waals surface area contributed by atoms with Crippen molar-refractivity contribution < 1.29 is 9.15 Å². The predicted molar refractivity (Wildman–Crippen MR) is 80.1 cm³/mol. The first-order valence-electron chi connectivity index (χ1n) is 7.13. The Kier molecular flexibility index (Phi) is 5.42. The molecule has 1 aromatic heterocycles. The van der Waals surface area contributed by atoms with Gasteiger partial charge in [0.2, 0.25) is 0 Å². The van der Waals surface area contributed by atoms with Gasteiger partial charge < -0.3 is 9.15 Å². The Hall–Kier alpha value is -2.03. The van der Waals surface area contributed by atoms with Crippen molar-refractivity contribution in [3.8, 4) is 17.1 Å². The molecule has 20 heavy (non-hydrogen) atoms. The fraction of sp³-hybridized carbons (Fsp3) is 0.353. The summed E-state index contributed by atoms with van der Waals surface area (Å²) in [4.78, 5) is 11.2. The zero-order valence-corrected chi connectivity index (χ0v) is 11.8. The molecule has 0 aliphatic heterocycles.